The van der Waals surface area contributed by atoms with E-state index in [-0.39, 0.29) is 5.54 Å². The summed E-state index contributed by atoms with van der Waals surface area (Å²) in [6.07, 6.45) is 0. The van der Waals surface area contributed by atoms with Crippen LogP contribution in [0, 0.1) is 0 Å². The molecule has 0 aliphatic heterocycles. The van der Waals surface area contributed by atoms with Crippen molar-refractivity contribution in [1.29, 1.82) is 0 Å². The second-order valence-electron chi connectivity index (χ2n) is 5.87. The van der Waals surface area contributed by atoms with Crippen LogP contribution in [-0.2, 0) is 16.0 Å². The van der Waals surface area contributed by atoms with Gasteiger partial charge in [0.05, 0.1) is 19.8 Å². The van der Waals surface area contributed by atoms with Crippen LogP contribution < -0.4 is 10.1 Å². The smallest absolute Gasteiger partial charge is 0.123 e. The highest BCUT2D eigenvalue weighted by atomic mass is 16.5. The van der Waals surface area contributed by atoms with E-state index in [1.165, 1.54) is 5.56 Å². The molecule has 0 aliphatic rings. The molecule has 1 rings (SSSR count). The van der Waals surface area contributed by atoms with Crippen LogP contribution in [0.2, 0.25) is 0 Å². The van der Waals surface area contributed by atoms with Crippen molar-refractivity contribution in [2.45, 2.75) is 39.8 Å². The zero-order valence-corrected chi connectivity index (χ0v) is 13.8. The maximum Gasteiger partial charge on any atom is 0.123 e. The Hall–Kier alpha value is -1.10. The number of para-hydroxylation sites is 1. The molecule has 0 aliphatic carbocycles. The molecule has 0 amide bonds. The highest BCUT2D eigenvalue weighted by Gasteiger charge is 2.10. The van der Waals surface area contributed by atoms with E-state index in [4.69, 9.17) is 14.2 Å². The van der Waals surface area contributed by atoms with Gasteiger partial charge in [0.1, 0.15) is 12.4 Å². The van der Waals surface area contributed by atoms with E-state index in [0.717, 1.165) is 18.9 Å². The fraction of sp³-hybridized carbons (Fsp3) is 0.647. The fourth-order valence-electron chi connectivity index (χ4n) is 1.73. The third-order valence-electron chi connectivity index (χ3n) is 2.84. The van der Waals surface area contributed by atoms with Crippen molar-refractivity contribution in [3.63, 3.8) is 0 Å². The molecule has 0 aromatic heterocycles. The van der Waals surface area contributed by atoms with Gasteiger partial charge in [0.2, 0.25) is 0 Å². The van der Waals surface area contributed by atoms with E-state index >= 15 is 0 Å². The van der Waals surface area contributed by atoms with Crippen LogP contribution in [0.5, 0.6) is 5.75 Å². The Balaban J connectivity index is 2.31. The van der Waals surface area contributed by atoms with Gasteiger partial charge in [-0.15, -0.1) is 0 Å². The molecule has 1 aromatic rings. The lowest BCUT2D eigenvalue weighted by Gasteiger charge is -2.21. The van der Waals surface area contributed by atoms with Gasteiger partial charge in [-0.1, -0.05) is 18.2 Å². The van der Waals surface area contributed by atoms with E-state index < -0.39 is 0 Å². The molecule has 0 bridgehead atoms. The van der Waals surface area contributed by atoms with Crippen molar-refractivity contribution in [3.05, 3.63) is 29.8 Å². The summed E-state index contributed by atoms with van der Waals surface area (Å²) in [5.41, 5.74) is 1.26. The highest BCUT2D eigenvalue weighted by molar-refractivity contribution is 5.33. The van der Waals surface area contributed by atoms with E-state index in [9.17, 15) is 0 Å². The summed E-state index contributed by atoms with van der Waals surface area (Å²) in [5, 5.41) is 3.48. The molecule has 1 N–H and O–H groups in total. The fourth-order valence-corrected chi connectivity index (χ4v) is 1.73. The minimum absolute atomic E-state index is 0.0928. The van der Waals surface area contributed by atoms with Crippen LogP contribution in [0.3, 0.4) is 0 Å². The first-order chi connectivity index (χ1) is 10.0. The summed E-state index contributed by atoms with van der Waals surface area (Å²) in [6.45, 7) is 12.4. The minimum Gasteiger partial charge on any atom is -0.491 e. The zero-order chi connectivity index (χ0) is 15.6. The molecule has 0 saturated carbocycles. The quantitative estimate of drug-likeness (QED) is 0.674. The Morgan fingerprint density at radius 3 is 2.33 bits per heavy atom. The van der Waals surface area contributed by atoms with Gasteiger partial charge < -0.3 is 19.5 Å². The molecule has 4 nitrogen and oxygen atoms in total. The molecule has 0 saturated heterocycles. The van der Waals surface area contributed by atoms with E-state index in [0.29, 0.717) is 26.4 Å². The number of benzene rings is 1. The monoisotopic (exact) mass is 295 g/mol. The van der Waals surface area contributed by atoms with Crippen molar-refractivity contribution in [2.24, 2.45) is 0 Å². The van der Waals surface area contributed by atoms with Crippen LogP contribution in [0.1, 0.15) is 33.3 Å². The summed E-state index contributed by atoms with van der Waals surface area (Å²) in [6, 6.07) is 8.11. The minimum atomic E-state index is 0.0928. The van der Waals surface area contributed by atoms with Crippen molar-refractivity contribution in [3.8, 4) is 5.75 Å². The van der Waals surface area contributed by atoms with Gasteiger partial charge in [-0.25, -0.2) is 0 Å². The van der Waals surface area contributed by atoms with E-state index in [1.54, 1.807) is 0 Å². The first-order valence-electron chi connectivity index (χ1n) is 7.64. The summed E-state index contributed by atoms with van der Waals surface area (Å²) < 4.78 is 16.5. The average Bonchev–Trinajstić information content (AvgIpc) is 2.44. The third-order valence-corrected chi connectivity index (χ3v) is 2.84. The van der Waals surface area contributed by atoms with Crippen molar-refractivity contribution >= 4 is 0 Å². The molecule has 1 aromatic carbocycles. The van der Waals surface area contributed by atoms with Crippen LogP contribution in [0.15, 0.2) is 24.3 Å². The molecule has 120 valence electrons. The van der Waals surface area contributed by atoms with Crippen molar-refractivity contribution in [2.75, 3.05) is 33.0 Å². The molecule has 0 atom stereocenters. The summed E-state index contributed by atoms with van der Waals surface area (Å²) in [7, 11) is 0. The maximum absolute atomic E-state index is 5.80. The van der Waals surface area contributed by atoms with Crippen LogP contribution >= 0.6 is 0 Å². The topological polar surface area (TPSA) is 39.7 Å². The standard InChI is InChI=1S/C17H29NO3/c1-5-19-10-11-20-12-13-21-16-9-7-6-8-15(16)14-18-17(2,3)4/h6-9,18H,5,10-14H2,1-4H3. The predicted octanol–water partition coefficient (Wildman–Crippen LogP) is 3.01. The molecule has 0 fully saturated rings. The zero-order valence-electron chi connectivity index (χ0n) is 13.8. The van der Waals surface area contributed by atoms with E-state index in [1.807, 2.05) is 25.1 Å². The number of nitrogens with one attached hydrogen (secondary N) is 1. The van der Waals surface area contributed by atoms with Gasteiger partial charge in [0.25, 0.3) is 0 Å². The van der Waals surface area contributed by atoms with Crippen molar-refractivity contribution < 1.29 is 14.2 Å². The molecule has 0 radical (unpaired) electrons. The largest absolute Gasteiger partial charge is 0.491 e. The summed E-state index contributed by atoms with van der Waals surface area (Å²) in [5.74, 6) is 0.919. The van der Waals surface area contributed by atoms with Crippen LogP contribution in [0.25, 0.3) is 0 Å². The normalized spacial score (nSPS) is 11.6. The van der Waals surface area contributed by atoms with Gasteiger partial charge in [-0.3, -0.25) is 0 Å². The maximum atomic E-state index is 5.80. The number of rotatable bonds is 10. The molecule has 0 spiro atoms. The second-order valence-corrected chi connectivity index (χ2v) is 5.87. The van der Waals surface area contributed by atoms with Gasteiger partial charge in [0.15, 0.2) is 0 Å². The Kier molecular flexibility index (Phi) is 8.35. The number of hydrogen-bond donors (Lipinski definition) is 1. The molecule has 0 unspecified atom stereocenters. The molecule has 0 heterocycles. The summed E-state index contributed by atoms with van der Waals surface area (Å²) in [4.78, 5) is 0. The third kappa shape index (κ3) is 8.71. The van der Waals surface area contributed by atoms with Gasteiger partial charge in [-0.2, -0.15) is 0 Å². The lowest BCUT2D eigenvalue weighted by Crippen LogP contribution is -2.35. The van der Waals surface area contributed by atoms with Crippen molar-refractivity contribution in [1.82, 2.24) is 5.32 Å². The molecule has 21 heavy (non-hydrogen) atoms. The van der Waals surface area contributed by atoms with E-state index in [2.05, 4.69) is 32.2 Å². The Morgan fingerprint density at radius 1 is 0.952 bits per heavy atom. The molecular formula is C17H29NO3. The number of hydrogen-bond acceptors (Lipinski definition) is 4. The Labute approximate surface area is 128 Å². The average molecular weight is 295 g/mol. The lowest BCUT2D eigenvalue weighted by atomic mass is 10.1. The SMILES string of the molecule is CCOCCOCCOc1ccccc1CNC(C)(C)C. The first-order valence-corrected chi connectivity index (χ1v) is 7.64. The first kappa shape index (κ1) is 18.0. The molecular weight excluding hydrogens is 266 g/mol. The number of ether oxygens (including phenoxy) is 3. The van der Waals surface area contributed by atoms with Gasteiger partial charge in [0, 0.05) is 24.3 Å². The highest BCUT2D eigenvalue weighted by Crippen LogP contribution is 2.18. The Morgan fingerprint density at radius 2 is 1.62 bits per heavy atom. The second kappa shape index (κ2) is 9.77. The lowest BCUT2D eigenvalue weighted by molar-refractivity contribution is 0.0403. The molecule has 4 heteroatoms. The van der Waals surface area contributed by atoms with Gasteiger partial charge >= 0.3 is 0 Å². The Bertz CT molecular complexity index is 388. The van der Waals surface area contributed by atoms with Crippen LogP contribution in [-0.4, -0.2) is 38.6 Å². The van der Waals surface area contributed by atoms with Gasteiger partial charge in [-0.05, 0) is 33.8 Å². The predicted molar refractivity (Wildman–Crippen MR) is 85.8 cm³/mol. The summed E-state index contributed by atoms with van der Waals surface area (Å²) >= 11 is 0. The van der Waals surface area contributed by atoms with Crippen LogP contribution in [0.4, 0.5) is 0 Å².